The van der Waals surface area contributed by atoms with Crippen LogP contribution in [0.3, 0.4) is 0 Å². The van der Waals surface area contributed by atoms with E-state index >= 15 is 0 Å². The Morgan fingerprint density at radius 1 is 1.55 bits per heavy atom. The fourth-order valence-corrected chi connectivity index (χ4v) is 2.65. The van der Waals surface area contributed by atoms with Crippen LogP contribution in [0.25, 0.3) is 0 Å². The molecule has 0 aliphatic rings. The number of nitrogens with one attached hydrogen (secondary N) is 2. The highest BCUT2D eigenvalue weighted by Gasteiger charge is 2.12. The van der Waals surface area contributed by atoms with Crippen LogP contribution in [0.1, 0.15) is 17.3 Å². The van der Waals surface area contributed by atoms with E-state index in [9.17, 15) is 9.59 Å². The molecule has 2 aromatic rings. The Labute approximate surface area is 119 Å². The maximum atomic E-state index is 11.6. The molecule has 0 aliphatic heterocycles. The minimum Gasteiger partial charge on any atom is -0.398 e. The van der Waals surface area contributed by atoms with E-state index in [0.29, 0.717) is 27.8 Å². The Balaban J connectivity index is 2.37. The summed E-state index contributed by atoms with van der Waals surface area (Å²) in [6, 6.07) is 4.99. The minimum atomic E-state index is -0.268. The van der Waals surface area contributed by atoms with Gasteiger partial charge < -0.3 is 11.1 Å². The van der Waals surface area contributed by atoms with E-state index in [4.69, 9.17) is 5.73 Å². The first-order chi connectivity index (χ1) is 9.56. The molecule has 1 aromatic heterocycles. The molecular formula is C12H15N5O2S. The second-order valence-electron chi connectivity index (χ2n) is 3.99. The molecule has 0 unspecified atom stereocenters. The Hall–Kier alpha value is -2.22. The number of nitrogen functional groups attached to an aromatic ring is 1. The number of aromatic amines is 1. The van der Waals surface area contributed by atoms with E-state index in [2.05, 4.69) is 15.5 Å². The molecular weight excluding hydrogens is 278 g/mol. The van der Waals surface area contributed by atoms with Crippen LogP contribution in [0, 0.1) is 0 Å². The highest BCUT2D eigenvalue weighted by Crippen LogP contribution is 2.31. The number of hydrogen-bond donors (Lipinski definition) is 3. The van der Waals surface area contributed by atoms with Gasteiger partial charge in [-0.15, -0.1) is 5.10 Å². The molecule has 0 aliphatic carbocycles. The molecule has 1 aromatic carbocycles. The number of nitrogens with two attached hydrogens (primary N) is 1. The zero-order valence-electron chi connectivity index (χ0n) is 11.1. The summed E-state index contributed by atoms with van der Waals surface area (Å²) in [6.45, 7) is 2.36. The lowest BCUT2D eigenvalue weighted by atomic mass is 10.2. The van der Waals surface area contributed by atoms with E-state index in [1.54, 1.807) is 25.2 Å². The highest BCUT2D eigenvalue weighted by atomic mass is 32.2. The number of H-pyrrole nitrogens is 1. The van der Waals surface area contributed by atoms with Crippen molar-refractivity contribution in [3.63, 3.8) is 0 Å². The maximum absolute atomic E-state index is 11.6. The average Bonchev–Trinajstić information content (AvgIpc) is 2.80. The van der Waals surface area contributed by atoms with Crippen LogP contribution in [-0.4, -0.2) is 27.7 Å². The van der Waals surface area contributed by atoms with Gasteiger partial charge in [-0.1, -0.05) is 0 Å². The van der Waals surface area contributed by atoms with Crippen molar-refractivity contribution in [1.29, 1.82) is 0 Å². The predicted molar refractivity (Wildman–Crippen MR) is 76.9 cm³/mol. The molecule has 1 heterocycles. The van der Waals surface area contributed by atoms with Gasteiger partial charge in [0, 0.05) is 29.7 Å². The van der Waals surface area contributed by atoms with E-state index in [1.165, 1.54) is 16.3 Å². The number of amides is 1. The third kappa shape index (κ3) is 2.69. The van der Waals surface area contributed by atoms with Crippen LogP contribution < -0.4 is 16.7 Å². The molecule has 0 radical (unpaired) electrons. The number of carbonyl (C=O) groups excluding carboxylic acids is 1. The number of benzene rings is 1. The molecule has 4 N–H and O–H groups in total. The van der Waals surface area contributed by atoms with Crippen molar-refractivity contribution in [1.82, 2.24) is 20.1 Å². The molecule has 2 rings (SSSR count). The molecule has 0 atom stereocenters. The van der Waals surface area contributed by atoms with Gasteiger partial charge in [0.2, 0.25) is 0 Å². The maximum Gasteiger partial charge on any atom is 0.343 e. The van der Waals surface area contributed by atoms with Gasteiger partial charge in [-0.05, 0) is 36.9 Å². The van der Waals surface area contributed by atoms with E-state index < -0.39 is 0 Å². The third-order valence-corrected chi connectivity index (χ3v) is 3.81. The minimum absolute atomic E-state index is 0.193. The first-order valence-corrected chi connectivity index (χ1v) is 6.83. The molecule has 0 fully saturated rings. The normalized spacial score (nSPS) is 10.5. The fraction of sp³-hybridized carbons (Fsp3) is 0.250. The van der Waals surface area contributed by atoms with Crippen molar-refractivity contribution < 1.29 is 4.79 Å². The van der Waals surface area contributed by atoms with Gasteiger partial charge in [0.25, 0.3) is 5.91 Å². The molecule has 1 amide bonds. The Kier molecular flexibility index (Phi) is 4.14. The van der Waals surface area contributed by atoms with Crippen molar-refractivity contribution in [2.45, 2.75) is 23.5 Å². The molecule has 0 saturated carbocycles. The van der Waals surface area contributed by atoms with Gasteiger partial charge in [0.05, 0.1) is 0 Å². The number of carbonyl (C=O) groups is 1. The first kappa shape index (κ1) is 14.2. The van der Waals surface area contributed by atoms with Crippen LogP contribution in [0.2, 0.25) is 0 Å². The van der Waals surface area contributed by atoms with Gasteiger partial charge in [-0.25, -0.2) is 9.89 Å². The zero-order chi connectivity index (χ0) is 14.7. The molecule has 0 bridgehead atoms. The SMILES string of the molecule is CCn1c(Sc2cc(C(=O)NC)ccc2N)n[nH]c1=O. The van der Waals surface area contributed by atoms with E-state index in [0.717, 1.165) is 0 Å². The summed E-state index contributed by atoms with van der Waals surface area (Å²) in [7, 11) is 1.56. The third-order valence-electron chi connectivity index (χ3n) is 2.74. The van der Waals surface area contributed by atoms with Crippen molar-refractivity contribution in [3.05, 3.63) is 34.2 Å². The van der Waals surface area contributed by atoms with Crippen molar-refractivity contribution in [2.24, 2.45) is 0 Å². The molecule has 20 heavy (non-hydrogen) atoms. The van der Waals surface area contributed by atoms with Crippen LogP contribution >= 0.6 is 11.8 Å². The lowest BCUT2D eigenvalue weighted by Gasteiger charge is -2.07. The lowest BCUT2D eigenvalue weighted by Crippen LogP contribution is -2.18. The van der Waals surface area contributed by atoms with Crippen LogP contribution in [-0.2, 0) is 6.54 Å². The summed E-state index contributed by atoms with van der Waals surface area (Å²) in [5, 5.41) is 9.41. The number of nitrogens with zero attached hydrogens (tertiary/aromatic N) is 2. The van der Waals surface area contributed by atoms with Crippen LogP contribution in [0.15, 0.2) is 33.0 Å². The zero-order valence-corrected chi connectivity index (χ0v) is 12.0. The van der Waals surface area contributed by atoms with Gasteiger partial charge in [-0.3, -0.25) is 9.36 Å². The summed E-state index contributed by atoms with van der Waals surface area (Å²) < 4.78 is 1.50. The Morgan fingerprint density at radius 3 is 2.95 bits per heavy atom. The summed E-state index contributed by atoms with van der Waals surface area (Å²) in [4.78, 5) is 23.8. The number of hydrogen-bond acceptors (Lipinski definition) is 5. The fourth-order valence-electron chi connectivity index (χ4n) is 1.67. The smallest absolute Gasteiger partial charge is 0.343 e. The summed E-state index contributed by atoms with van der Waals surface area (Å²) in [6.07, 6.45) is 0. The monoisotopic (exact) mass is 293 g/mol. The van der Waals surface area contributed by atoms with Crippen LogP contribution in [0.4, 0.5) is 5.69 Å². The first-order valence-electron chi connectivity index (χ1n) is 6.01. The van der Waals surface area contributed by atoms with Crippen molar-refractivity contribution in [2.75, 3.05) is 12.8 Å². The second kappa shape index (κ2) is 5.83. The molecule has 8 heteroatoms. The van der Waals surface area contributed by atoms with Crippen molar-refractivity contribution >= 4 is 23.4 Å². The number of aromatic nitrogens is 3. The lowest BCUT2D eigenvalue weighted by molar-refractivity contribution is 0.0963. The van der Waals surface area contributed by atoms with Gasteiger partial charge >= 0.3 is 5.69 Å². The van der Waals surface area contributed by atoms with Crippen molar-refractivity contribution in [3.8, 4) is 0 Å². The van der Waals surface area contributed by atoms with Crippen LogP contribution in [0.5, 0.6) is 0 Å². The Bertz CT molecular complexity index is 691. The molecule has 106 valence electrons. The standard InChI is InChI=1S/C12H15N5O2S/c1-3-17-11(19)15-16-12(17)20-9-6-7(10(18)14-2)4-5-8(9)13/h4-6H,3,13H2,1-2H3,(H,14,18)(H,15,19). The number of rotatable bonds is 4. The highest BCUT2D eigenvalue weighted by molar-refractivity contribution is 7.99. The van der Waals surface area contributed by atoms with E-state index in [-0.39, 0.29) is 11.6 Å². The summed E-state index contributed by atoms with van der Waals surface area (Å²) in [5.74, 6) is -0.193. The Morgan fingerprint density at radius 2 is 2.30 bits per heavy atom. The quantitative estimate of drug-likeness (QED) is 0.719. The average molecular weight is 293 g/mol. The second-order valence-corrected chi connectivity index (χ2v) is 5.00. The molecule has 7 nitrogen and oxygen atoms in total. The summed E-state index contributed by atoms with van der Waals surface area (Å²) in [5.41, 5.74) is 6.66. The number of anilines is 1. The predicted octanol–water partition coefficient (Wildman–Crippen LogP) is 0.684. The molecule has 0 saturated heterocycles. The topological polar surface area (TPSA) is 106 Å². The van der Waals surface area contributed by atoms with Gasteiger partial charge in [0.1, 0.15) is 0 Å². The largest absolute Gasteiger partial charge is 0.398 e. The molecule has 0 spiro atoms. The van der Waals surface area contributed by atoms with E-state index in [1.807, 2.05) is 6.92 Å². The van der Waals surface area contributed by atoms with Gasteiger partial charge in [-0.2, -0.15) is 0 Å². The summed E-state index contributed by atoms with van der Waals surface area (Å²) >= 11 is 1.24. The van der Waals surface area contributed by atoms with Gasteiger partial charge in [0.15, 0.2) is 5.16 Å².